The van der Waals surface area contributed by atoms with Gasteiger partial charge in [-0.25, -0.2) is 4.68 Å². The largest absolute Gasteiger partial charge is 0.491 e. The zero-order chi connectivity index (χ0) is 17.8. The van der Waals surface area contributed by atoms with Crippen molar-refractivity contribution in [1.29, 1.82) is 0 Å². The van der Waals surface area contributed by atoms with E-state index in [0.29, 0.717) is 10.8 Å². The maximum Gasteiger partial charge on any atom is 0.274 e. The third-order valence-corrected chi connectivity index (χ3v) is 3.96. The van der Waals surface area contributed by atoms with E-state index in [1.54, 1.807) is 24.3 Å². The van der Waals surface area contributed by atoms with Gasteiger partial charge in [-0.15, -0.1) is 0 Å². The molecule has 0 aliphatic carbocycles. The first-order chi connectivity index (χ1) is 12.1. The van der Waals surface area contributed by atoms with Gasteiger partial charge in [0.25, 0.3) is 11.5 Å². The lowest BCUT2D eigenvalue weighted by Crippen LogP contribution is -2.30. The van der Waals surface area contributed by atoms with Crippen molar-refractivity contribution < 1.29 is 9.53 Å². The van der Waals surface area contributed by atoms with Crippen LogP contribution in [0.2, 0.25) is 0 Å². The molecule has 0 atom stereocenters. The fraction of sp³-hybridized carbons (Fsp3) is 0.211. The molecule has 1 heterocycles. The monoisotopic (exact) mass is 337 g/mol. The summed E-state index contributed by atoms with van der Waals surface area (Å²) < 4.78 is 7.02. The number of benzene rings is 2. The SMILES string of the molecule is CNC(=O)c1nn(CCOc2ccccc2C)c(=O)c2ccccc12. The zero-order valence-electron chi connectivity index (χ0n) is 14.2. The highest BCUT2D eigenvalue weighted by atomic mass is 16.5. The number of aryl methyl sites for hydroxylation is 1. The highest BCUT2D eigenvalue weighted by Gasteiger charge is 2.15. The second-order valence-electron chi connectivity index (χ2n) is 5.62. The number of ether oxygens (including phenoxy) is 1. The predicted molar refractivity (Wildman–Crippen MR) is 96.1 cm³/mol. The average Bonchev–Trinajstić information content (AvgIpc) is 2.64. The van der Waals surface area contributed by atoms with Gasteiger partial charge >= 0.3 is 0 Å². The van der Waals surface area contributed by atoms with Gasteiger partial charge in [0.2, 0.25) is 0 Å². The molecule has 0 aliphatic heterocycles. The van der Waals surface area contributed by atoms with Crippen molar-refractivity contribution in [2.24, 2.45) is 0 Å². The third-order valence-electron chi connectivity index (χ3n) is 3.96. The van der Waals surface area contributed by atoms with Crippen molar-refractivity contribution in [3.8, 4) is 5.75 Å². The van der Waals surface area contributed by atoms with Crippen LogP contribution >= 0.6 is 0 Å². The van der Waals surface area contributed by atoms with Gasteiger partial charge in [-0.2, -0.15) is 5.10 Å². The van der Waals surface area contributed by atoms with Crippen LogP contribution in [0.15, 0.2) is 53.3 Å². The Morgan fingerprint density at radius 1 is 1.12 bits per heavy atom. The minimum atomic E-state index is -0.329. The summed E-state index contributed by atoms with van der Waals surface area (Å²) in [6.07, 6.45) is 0. The summed E-state index contributed by atoms with van der Waals surface area (Å²) in [6.45, 7) is 2.49. The molecule has 0 spiro atoms. The number of amides is 1. The van der Waals surface area contributed by atoms with E-state index in [9.17, 15) is 9.59 Å². The maximum absolute atomic E-state index is 12.6. The normalized spacial score (nSPS) is 10.6. The molecule has 1 amide bonds. The third kappa shape index (κ3) is 3.38. The number of fused-ring (bicyclic) bond motifs is 1. The fourth-order valence-electron chi connectivity index (χ4n) is 2.63. The number of carbonyl (C=O) groups excluding carboxylic acids is 1. The van der Waals surface area contributed by atoms with Crippen molar-refractivity contribution in [1.82, 2.24) is 15.1 Å². The van der Waals surface area contributed by atoms with Crippen molar-refractivity contribution in [3.05, 3.63) is 70.1 Å². The van der Waals surface area contributed by atoms with Gasteiger partial charge in [-0.3, -0.25) is 9.59 Å². The Labute approximate surface area is 145 Å². The Kier molecular flexibility index (Phi) is 4.79. The molecule has 2 aromatic carbocycles. The fourth-order valence-corrected chi connectivity index (χ4v) is 2.63. The summed E-state index contributed by atoms with van der Waals surface area (Å²) in [4.78, 5) is 24.7. The Hall–Kier alpha value is -3.15. The summed E-state index contributed by atoms with van der Waals surface area (Å²) in [5.74, 6) is 0.438. The topological polar surface area (TPSA) is 73.2 Å². The van der Waals surface area contributed by atoms with Gasteiger partial charge in [0.15, 0.2) is 5.69 Å². The van der Waals surface area contributed by atoms with Gasteiger partial charge in [0.1, 0.15) is 12.4 Å². The van der Waals surface area contributed by atoms with Crippen LogP contribution in [0, 0.1) is 6.92 Å². The first kappa shape index (κ1) is 16.7. The van der Waals surface area contributed by atoms with Crippen LogP contribution in [-0.2, 0) is 6.54 Å². The van der Waals surface area contributed by atoms with E-state index in [-0.39, 0.29) is 30.3 Å². The van der Waals surface area contributed by atoms with E-state index in [4.69, 9.17) is 4.74 Å². The standard InChI is InChI=1S/C19H19N3O3/c1-13-7-3-6-10-16(13)25-12-11-22-19(24)15-9-5-4-8-14(15)17(21-22)18(23)20-2/h3-10H,11-12H2,1-2H3,(H,20,23). The highest BCUT2D eigenvalue weighted by molar-refractivity contribution is 6.04. The summed E-state index contributed by atoms with van der Waals surface area (Å²) >= 11 is 0. The minimum Gasteiger partial charge on any atom is -0.491 e. The van der Waals surface area contributed by atoms with Gasteiger partial charge in [-0.1, -0.05) is 36.4 Å². The second kappa shape index (κ2) is 7.17. The predicted octanol–water partition coefficient (Wildman–Crippen LogP) is 2.14. The average molecular weight is 337 g/mol. The molecule has 1 aromatic heterocycles. The van der Waals surface area contributed by atoms with Crippen molar-refractivity contribution in [2.75, 3.05) is 13.7 Å². The molecule has 1 N–H and O–H groups in total. The Bertz CT molecular complexity index is 979. The molecule has 3 aromatic rings. The summed E-state index contributed by atoms with van der Waals surface area (Å²) in [5, 5.41) is 7.81. The first-order valence-corrected chi connectivity index (χ1v) is 8.02. The number of rotatable bonds is 5. The quantitative estimate of drug-likeness (QED) is 0.774. The van der Waals surface area contributed by atoms with Crippen LogP contribution in [0.1, 0.15) is 16.1 Å². The molecule has 25 heavy (non-hydrogen) atoms. The van der Waals surface area contributed by atoms with E-state index < -0.39 is 0 Å². The van der Waals surface area contributed by atoms with E-state index in [2.05, 4.69) is 10.4 Å². The molecule has 0 radical (unpaired) electrons. The molecule has 0 saturated carbocycles. The van der Waals surface area contributed by atoms with Crippen LogP contribution in [0.5, 0.6) is 5.75 Å². The van der Waals surface area contributed by atoms with Gasteiger partial charge in [-0.05, 0) is 24.6 Å². The molecular formula is C19H19N3O3. The van der Waals surface area contributed by atoms with Crippen LogP contribution in [-0.4, -0.2) is 29.3 Å². The summed E-state index contributed by atoms with van der Waals surface area (Å²) in [5.41, 5.74) is 1.01. The molecule has 0 bridgehead atoms. The number of carbonyl (C=O) groups is 1. The Morgan fingerprint density at radius 3 is 2.52 bits per heavy atom. The van der Waals surface area contributed by atoms with Gasteiger partial charge in [0, 0.05) is 12.4 Å². The van der Waals surface area contributed by atoms with E-state index in [1.807, 2.05) is 31.2 Å². The van der Waals surface area contributed by atoms with Crippen molar-refractivity contribution in [2.45, 2.75) is 13.5 Å². The zero-order valence-corrected chi connectivity index (χ0v) is 14.2. The number of hydrogen-bond acceptors (Lipinski definition) is 4. The molecule has 128 valence electrons. The lowest BCUT2D eigenvalue weighted by atomic mass is 10.1. The van der Waals surface area contributed by atoms with Crippen LogP contribution in [0.4, 0.5) is 0 Å². The van der Waals surface area contributed by atoms with Crippen LogP contribution in [0.3, 0.4) is 0 Å². The van der Waals surface area contributed by atoms with Gasteiger partial charge < -0.3 is 10.1 Å². The molecule has 3 rings (SSSR count). The number of para-hydroxylation sites is 1. The highest BCUT2D eigenvalue weighted by Crippen LogP contribution is 2.16. The number of hydrogen-bond donors (Lipinski definition) is 1. The summed E-state index contributed by atoms with van der Waals surface area (Å²) in [7, 11) is 1.54. The van der Waals surface area contributed by atoms with Gasteiger partial charge in [0.05, 0.1) is 11.9 Å². The number of aromatic nitrogens is 2. The molecular weight excluding hydrogens is 318 g/mol. The maximum atomic E-state index is 12.6. The first-order valence-electron chi connectivity index (χ1n) is 8.02. The Morgan fingerprint density at radius 2 is 1.80 bits per heavy atom. The molecule has 6 nitrogen and oxygen atoms in total. The van der Waals surface area contributed by atoms with E-state index in [0.717, 1.165) is 11.3 Å². The van der Waals surface area contributed by atoms with Crippen LogP contribution in [0.25, 0.3) is 10.8 Å². The molecule has 0 saturated heterocycles. The number of nitrogens with zero attached hydrogens (tertiary/aromatic N) is 2. The minimum absolute atomic E-state index is 0.230. The van der Waals surface area contributed by atoms with E-state index in [1.165, 1.54) is 11.7 Å². The second-order valence-corrected chi connectivity index (χ2v) is 5.62. The van der Waals surface area contributed by atoms with Crippen molar-refractivity contribution >= 4 is 16.7 Å². The smallest absolute Gasteiger partial charge is 0.274 e. The van der Waals surface area contributed by atoms with E-state index >= 15 is 0 Å². The molecule has 0 unspecified atom stereocenters. The molecule has 0 aliphatic rings. The Balaban J connectivity index is 1.91. The lowest BCUT2D eigenvalue weighted by Gasteiger charge is -2.12. The number of nitrogens with one attached hydrogen (secondary N) is 1. The molecule has 6 heteroatoms. The lowest BCUT2D eigenvalue weighted by molar-refractivity contribution is 0.0957. The molecule has 0 fully saturated rings. The summed E-state index contributed by atoms with van der Waals surface area (Å²) in [6, 6.07) is 14.6. The van der Waals surface area contributed by atoms with Crippen molar-refractivity contribution in [3.63, 3.8) is 0 Å². The van der Waals surface area contributed by atoms with Crippen LogP contribution < -0.4 is 15.6 Å².